The Morgan fingerprint density at radius 1 is 0.935 bits per heavy atom. The molecule has 1 heterocycles. The highest BCUT2D eigenvalue weighted by molar-refractivity contribution is 9.10. The van der Waals surface area contributed by atoms with E-state index in [0.717, 1.165) is 21.8 Å². The Morgan fingerprint density at radius 3 is 2.39 bits per heavy atom. The normalized spacial score (nSPS) is 15.0. The topological polar surface area (TPSA) is 46.6 Å². The standard InChI is InChI=1S/C24H17BrFNO3S/c25-19-10-4-1-8-17(19)14-27-23(28)22(31-24(27)29)13-16-7-3-6-12-21(16)30-15-18-9-2-5-11-20(18)26/h1-13H,14-15H2/b22-13+. The van der Waals surface area contributed by atoms with Crippen LogP contribution in [0.5, 0.6) is 5.75 Å². The van der Waals surface area contributed by atoms with Crippen molar-refractivity contribution in [2.24, 2.45) is 0 Å². The third kappa shape index (κ3) is 4.89. The molecule has 0 unspecified atom stereocenters. The smallest absolute Gasteiger partial charge is 0.293 e. The number of carbonyl (C=O) groups excluding carboxylic acids is 2. The molecule has 0 aromatic heterocycles. The highest BCUT2D eigenvalue weighted by atomic mass is 79.9. The summed E-state index contributed by atoms with van der Waals surface area (Å²) in [6, 6.07) is 21.0. The molecular formula is C24H17BrFNO3S. The number of amides is 2. The highest BCUT2D eigenvalue weighted by Crippen LogP contribution is 2.35. The molecule has 1 aliphatic heterocycles. The van der Waals surface area contributed by atoms with Crippen LogP contribution < -0.4 is 4.74 Å². The molecule has 7 heteroatoms. The molecule has 0 bridgehead atoms. The Hall–Kier alpha value is -2.90. The predicted molar refractivity (Wildman–Crippen MR) is 123 cm³/mol. The molecule has 3 aromatic carbocycles. The fourth-order valence-electron chi connectivity index (χ4n) is 3.08. The van der Waals surface area contributed by atoms with Gasteiger partial charge in [-0.05, 0) is 41.6 Å². The first-order valence-corrected chi connectivity index (χ1v) is 11.1. The van der Waals surface area contributed by atoms with Crippen molar-refractivity contribution in [3.8, 4) is 5.75 Å². The number of rotatable bonds is 6. The van der Waals surface area contributed by atoms with Gasteiger partial charge in [0, 0.05) is 15.6 Å². The second-order valence-electron chi connectivity index (χ2n) is 6.78. The molecule has 0 saturated carbocycles. The first kappa shape index (κ1) is 21.3. The number of thioether (sulfide) groups is 1. The minimum atomic E-state index is -0.352. The van der Waals surface area contributed by atoms with Crippen molar-refractivity contribution in [1.29, 1.82) is 0 Å². The highest BCUT2D eigenvalue weighted by Gasteiger charge is 2.35. The molecule has 0 atom stereocenters. The lowest BCUT2D eigenvalue weighted by molar-refractivity contribution is -0.123. The van der Waals surface area contributed by atoms with Gasteiger partial charge in [-0.1, -0.05) is 70.5 Å². The molecule has 31 heavy (non-hydrogen) atoms. The first-order valence-electron chi connectivity index (χ1n) is 9.47. The summed E-state index contributed by atoms with van der Waals surface area (Å²) < 4.78 is 20.5. The molecule has 1 saturated heterocycles. The summed E-state index contributed by atoms with van der Waals surface area (Å²) in [4.78, 5) is 26.9. The van der Waals surface area contributed by atoms with Crippen LogP contribution in [-0.2, 0) is 17.9 Å². The largest absolute Gasteiger partial charge is 0.488 e. The van der Waals surface area contributed by atoms with Gasteiger partial charge in [0.25, 0.3) is 11.1 Å². The number of para-hydroxylation sites is 1. The molecular weight excluding hydrogens is 481 g/mol. The SMILES string of the molecule is O=C1S/C(=C/c2ccccc2OCc2ccccc2F)C(=O)N1Cc1ccccc1Br. The number of benzene rings is 3. The van der Waals surface area contributed by atoms with E-state index in [1.165, 1.54) is 11.0 Å². The summed E-state index contributed by atoms with van der Waals surface area (Å²) in [5.41, 5.74) is 1.93. The van der Waals surface area contributed by atoms with Gasteiger partial charge in [0.2, 0.25) is 0 Å². The van der Waals surface area contributed by atoms with Crippen LogP contribution in [0.4, 0.5) is 9.18 Å². The number of nitrogens with zero attached hydrogens (tertiary/aromatic N) is 1. The zero-order chi connectivity index (χ0) is 21.8. The summed E-state index contributed by atoms with van der Waals surface area (Å²) in [5, 5.41) is -0.322. The van der Waals surface area contributed by atoms with Crippen LogP contribution in [-0.4, -0.2) is 16.0 Å². The fourth-order valence-corrected chi connectivity index (χ4v) is 4.32. The van der Waals surface area contributed by atoms with E-state index in [1.54, 1.807) is 42.5 Å². The lowest BCUT2D eigenvalue weighted by atomic mass is 10.1. The van der Waals surface area contributed by atoms with Crippen molar-refractivity contribution in [1.82, 2.24) is 4.90 Å². The van der Waals surface area contributed by atoms with E-state index < -0.39 is 0 Å². The van der Waals surface area contributed by atoms with Crippen molar-refractivity contribution in [3.05, 3.63) is 105 Å². The molecule has 156 valence electrons. The van der Waals surface area contributed by atoms with E-state index in [9.17, 15) is 14.0 Å². The van der Waals surface area contributed by atoms with Gasteiger partial charge < -0.3 is 4.74 Å². The van der Waals surface area contributed by atoms with Gasteiger partial charge in [0.1, 0.15) is 18.2 Å². The summed E-state index contributed by atoms with van der Waals surface area (Å²) >= 11 is 4.34. The van der Waals surface area contributed by atoms with Crippen molar-refractivity contribution in [3.63, 3.8) is 0 Å². The Bertz CT molecular complexity index is 1180. The molecule has 4 rings (SSSR count). The summed E-state index contributed by atoms with van der Waals surface area (Å²) in [6.45, 7) is 0.246. The van der Waals surface area contributed by atoms with Crippen LogP contribution in [0.1, 0.15) is 16.7 Å². The molecule has 0 spiro atoms. The average Bonchev–Trinajstić information content (AvgIpc) is 3.03. The zero-order valence-electron chi connectivity index (χ0n) is 16.3. The number of ether oxygens (including phenoxy) is 1. The molecule has 1 fully saturated rings. The van der Waals surface area contributed by atoms with Crippen LogP contribution in [0.3, 0.4) is 0 Å². The van der Waals surface area contributed by atoms with Crippen LogP contribution in [0.25, 0.3) is 6.08 Å². The van der Waals surface area contributed by atoms with Crippen molar-refractivity contribution >= 4 is 44.9 Å². The maximum absolute atomic E-state index is 13.9. The quantitative estimate of drug-likeness (QED) is 0.369. The lowest BCUT2D eigenvalue weighted by Gasteiger charge is -2.13. The Morgan fingerprint density at radius 2 is 1.61 bits per heavy atom. The van der Waals surface area contributed by atoms with Gasteiger partial charge in [0.05, 0.1) is 11.4 Å². The van der Waals surface area contributed by atoms with E-state index in [0.29, 0.717) is 21.8 Å². The molecule has 0 aliphatic carbocycles. The minimum Gasteiger partial charge on any atom is -0.488 e. The van der Waals surface area contributed by atoms with E-state index in [4.69, 9.17) is 4.74 Å². The summed E-state index contributed by atoms with van der Waals surface area (Å²) in [5.74, 6) is -0.189. The van der Waals surface area contributed by atoms with Crippen LogP contribution >= 0.6 is 27.7 Å². The monoisotopic (exact) mass is 497 g/mol. The minimum absolute atomic E-state index is 0.0566. The number of carbonyl (C=O) groups is 2. The number of hydrogen-bond donors (Lipinski definition) is 0. The van der Waals surface area contributed by atoms with Crippen LogP contribution in [0, 0.1) is 5.82 Å². The molecule has 0 N–H and O–H groups in total. The summed E-state index contributed by atoms with van der Waals surface area (Å²) in [7, 11) is 0. The lowest BCUT2D eigenvalue weighted by Crippen LogP contribution is -2.27. The second kappa shape index (κ2) is 9.49. The molecule has 3 aromatic rings. The second-order valence-corrected chi connectivity index (χ2v) is 8.62. The Labute approximate surface area is 191 Å². The maximum Gasteiger partial charge on any atom is 0.293 e. The van der Waals surface area contributed by atoms with Gasteiger partial charge in [-0.15, -0.1) is 0 Å². The van der Waals surface area contributed by atoms with Crippen LogP contribution in [0.15, 0.2) is 82.2 Å². The van der Waals surface area contributed by atoms with Crippen molar-refractivity contribution in [2.75, 3.05) is 0 Å². The van der Waals surface area contributed by atoms with Crippen LogP contribution in [0.2, 0.25) is 0 Å². The van der Waals surface area contributed by atoms with Gasteiger partial charge in [-0.25, -0.2) is 4.39 Å². The average molecular weight is 498 g/mol. The van der Waals surface area contributed by atoms with E-state index in [1.807, 2.05) is 30.3 Å². The van der Waals surface area contributed by atoms with Gasteiger partial charge >= 0.3 is 0 Å². The first-order chi connectivity index (χ1) is 15.0. The third-order valence-corrected chi connectivity index (χ3v) is 6.39. The van der Waals surface area contributed by atoms with Gasteiger partial charge in [0.15, 0.2) is 0 Å². The van der Waals surface area contributed by atoms with E-state index in [2.05, 4.69) is 15.9 Å². The molecule has 0 radical (unpaired) electrons. The van der Waals surface area contributed by atoms with E-state index in [-0.39, 0.29) is 30.1 Å². The number of hydrogen-bond acceptors (Lipinski definition) is 4. The Balaban J connectivity index is 1.54. The number of halogens is 2. The van der Waals surface area contributed by atoms with Gasteiger partial charge in [-0.2, -0.15) is 0 Å². The molecule has 4 nitrogen and oxygen atoms in total. The Kier molecular flexibility index (Phi) is 6.53. The zero-order valence-corrected chi connectivity index (χ0v) is 18.7. The van der Waals surface area contributed by atoms with Gasteiger partial charge in [-0.3, -0.25) is 14.5 Å². The van der Waals surface area contributed by atoms with E-state index >= 15 is 0 Å². The van der Waals surface area contributed by atoms with Crippen molar-refractivity contribution < 1.29 is 18.7 Å². The maximum atomic E-state index is 13.9. The fraction of sp³-hybridized carbons (Fsp3) is 0.0833. The molecule has 2 amide bonds. The van der Waals surface area contributed by atoms with Crippen molar-refractivity contribution in [2.45, 2.75) is 13.2 Å². The third-order valence-electron chi connectivity index (χ3n) is 4.71. The summed E-state index contributed by atoms with van der Waals surface area (Å²) in [6.07, 6.45) is 1.64. The number of imide groups is 1. The molecule has 1 aliphatic rings. The predicted octanol–water partition coefficient (Wildman–Crippen LogP) is 6.40.